The van der Waals surface area contributed by atoms with E-state index in [-0.39, 0.29) is 16.5 Å². The van der Waals surface area contributed by atoms with Gasteiger partial charge in [0.2, 0.25) is 0 Å². The molecule has 2 aliphatic rings. The molecular formula is C27H14Cl3N5OS. The van der Waals surface area contributed by atoms with Crippen LogP contribution in [0, 0.1) is 11.3 Å². The van der Waals surface area contributed by atoms with Crippen molar-refractivity contribution in [3.63, 3.8) is 0 Å². The van der Waals surface area contributed by atoms with E-state index in [1.54, 1.807) is 18.2 Å². The molecular weight excluding hydrogens is 549 g/mol. The molecule has 3 aromatic carbocycles. The summed E-state index contributed by atoms with van der Waals surface area (Å²) in [5.74, 6) is 0.492. The van der Waals surface area contributed by atoms with Crippen molar-refractivity contribution in [3.8, 4) is 17.3 Å². The Hall–Kier alpha value is -3.54. The lowest BCUT2D eigenvalue weighted by Gasteiger charge is -2.19. The summed E-state index contributed by atoms with van der Waals surface area (Å²) in [5.41, 5.74) is 2.70. The van der Waals surface area contributed by atoms with Gasteiger partial charge < -0.3 is 0 Å². The van der Waals surface area contributed by atoms with Crippen molar-refractivity contribution in [1.82, 2.24) is 9.55 Å². The molecule has 1 unspecified atom stereocenters. The summed E-state index contributed by atoms with van der Waals surface area (Å²) in [5, 5.41) is 18.1. The van der Waals surface area contributed by atoms with Gasteiger partial charge in [-0.3, -0.25) is 4.79 Å². The SMILES string of the molecule is N#Cc1c(-c2ccc(Cl)cc2Cl)nc2n(c1=O)C1=NN(c3ccccc3)/C(=C/c3ccc(Cl)cc3)C1S2. The van der Waals surface area contributed by atoms with Crippen molar-refractivity contribution < 1.29 is 0 Å². The van der Waals surface area contributed by atoms with Crippen molar-refractivity contribution >= 4 is 64.2 Å². The quantitative estimate of drug-likeness (QED) is 0.253. The number of hydrogen-bond donors (Lipinski definition) is 0. The van der Waals surface area contributed by atoms with Gasteiger partial charge in [-0.2, -0.15) is 10.4 Å². The molecule has 4 aromatic rings. The Labute approximate surface area is 231 Å². The molecule has 6 rings (SSSR count). The van der Waals surface area contributed by atoms with Crippen LogP contribution in [-0.4, -0.2) is 20.6 Å². The molecule has 0 saturated heterocycles. The average Bonchev–Trinajstić information content (AvgIpc) is 3.42. The van der Waals surface area contributed by atoms with Crippen molar-refractivity contribution in [2.45, 2.75) is 10.4 Å². The molecule has 0 aliphatic carbocycles. The number of hydrazone groups is 1. The number of anilines is 1. The Bertz CT molecular complexity index is 1730. The lowest BCUT2D eigenvalue weighted by Crippen LogP contribution is -2.30. The van der Waals surface area contributed by atoms with Crippen molar-refractivity contribution in [3.05, 3.63) is 115 Å². The molecule has 6 nitrogen and oxygen atoms in total. The lowest BCUT2D eigenvalue weighted by molar-refractivity contribution is 0.843. The zero-order chi connectivity index (χ0) is 25.7. The molecule has 0 saturated carbocycles. The summed E-state index contributed by atoms with van der Waals surface area (Å²) in [6, 6.07) is 24.0. The van der Waals surface area contributed by atoms with Crippen LogP contribution in [0.1, 0.15) is 11.1 Å². The number of hydrogen-bond acceptors (Lipinski definition) is 6. The van der Waals surface area contributed by atoms with E-state index in [0.717, 1.165) is 16.9 Å². The third-order valence-electron chi connectivity index (χ3n) is 5.94. The van der Waals surface area contributed by atoms with E-state index in [0.29, 0.717) is 31.6 Å². The average molecular weight is 563 g/mol. The second-order valence-corrected chi connectivity index (χ2v) is 10.6. The van der Waals surface area contributed by atoms with E-state index in [1.807, 2.05) is 71.8 Å². The number of fused-ring (bicyclic) bond motifs is 3. The maximum Gasteiger partial charge on any atom is 0.278 e. The summed E-state index contributed by atoms with van der Waals surface area (Å²) in [4.78, 5) is 18.3. The molecule has 1 aromatic heterocycles. The molecule has 37 heavy (non-hydrogen) atoms. The molecule has 0 bridgehead atoms. The molecule has 0 spiro atoms. The lowest BCUT2D eigenvalue weighted by atomic mass is 10.1. The van der Waals surface area contributed by atoms with Crippen LogP contribution in [-0.2, 0) is 0 Å². The number of halogens is 3. The minimum atomic E-state index is -0.497. The van der Waals surface area contributed by atoms with E-state index in [1.165, 1.54) is 16.3 Å². The van der Waals surface area contributed by atoms with Gasteiger partial charge in [0.1, 0.15) is 16.9 Å². The zero-order valence-corrected chi connectivity index (χ0v) is 21.9. The largest absolute Gasteiger partial charge is 0.278 e. The van der Waals surface area contributed by atoms with Crippen molar-refractivity contribution in [2.75, 3.05) is 5.01 Å². The standard InChI is InChI=1S/C27H14Cl3N5OS/c28-16-8-6-15(7-9-16)12-22-24-25(33-35(22)18-4-2-1-3-5-18)34-26(36)20(14-31)23(32-27(34)37-24)19-11-10-17(29)13-21(19)30/h1-13,24H/b22-12+. The van der Waals surface area contributed by atoms with Crippen LogP contribution < -0.4 is 10.6 Å². The van der Waals surface area contributed by atoms with Crippen LogP contribution in [0.25, 0.3) is 17.3 Å². The molecule has 0 N–H and O–H groups in total. The maximum absolute atomic E-state index is 13.6. The van der Waals surface area contributed by atoms with Crippen LogP contribution in [0.4, 0.5) is 5.69 Å². The first kappa shape index (κ1) is 23.8. The van der Waals surface area contributed by atoms with Gasteiger partial charge >= 0.3 is 0 Å². The topological polar surface area (TPSA) is 74.3 Å². The van der Waals surface area contributed by atoms with Gasteiger partial charge in [-0.1, -0.05) is 76.9 Å². The monoisotopic (exact) mass is 561 g/mol. The molecule has 0 fully saturated rings. The third kappa shape index (κ3) is 4.12. The molecule has 10 heteroatoms. The third-order valence-corrected chi connectivity index (χ3v) is 7.91. The minimum Gasteiger partial charge on any atom is -0.267 e. The zero-order valence-electron chi connectivity index (χ0n) is 18.8. The normalized spacial score (nSPS) is 16.9. The fourth-order valence-corrected chi connectivity index (χ4v) is 6.05. The fourth-order valence-electron chi connectivity index (χ4n) is 4.24. The van der Waals surface area contributed by atoms with Crippen LogP contribution in [0.5, 0.6) is 0 Å². The number of nitrogens with zero attached hydrogens (tertiary/aromatic N) is 5. The van der Waals surface area contributed by atoms with E-state index in [4.69, 9.17) is 44.9 Å². The molecule has 180 valence electrons. The van der Waals surface area contributed by atoms with Crippen LogP contribution in [0.15, 0.2) is 93.5 Å². The van der Waals surface area contributed by atoms with Crippen LogP contribution >= 0.6 is 46.6 Å². The van der Waals surface area contributed by atoms with Gasteiger partial charge in [0.15, 0.2) is 11.0 Å². The second-order valence-electron chi connectivity index (χ2n) is 8.22. The summed E-state index contributed by atoms with van der Waals surface area (Å²) >= 11 is 19.9. The Morgan fingerprint density at radius 2 is 1.70 bits per heavy atom. The van der Waals surface area contributed by atoms with Crippen molar-refractivity contribution in [1.29, 1.82) is 5.26 Å². The highest BCUT2D eigenvalue weighted by molar-refractivity contribution is 8.01. The first-order valence-electron chi connectivity index (χ1n) is 11.0. The predicted molar refractivity (Wildman–Crippen MR) is 149 cm³/mol. The van der Waals surface area contributed by atoms with Crippen molar-refractivity contribution in [2.24, 2.45) is 5.10 Å². The van der Waals surface area contributed by atoms with Gasteiger partial charge in [-0.25, -0.2) is 14.6 Å². The molecule has 0 amide bonds. The van der Waals surface area contributed by atoms with E-state index >= 15 is 0 Å². The van der Waals surface area contributed by atoms with Crippen LogP contribution in [0.3, 0.4) is 0 Å². The Morgan fingerprint density at radius 1 is 0.973 bits per heavy atom. The number of para-hydroxylation sites is 1. The number of aromatic nitrogens is 2. The summed E-state index contributed by atoms with van der Waals surface area (Å²) in [6.45, 7) is 0. The Kier molecular flexibility index (Phi) is 6.06. The predicted octanol–water partition coefficient (Wildman–Crippen LogP) is 6.94. The summed E-state index contributed by atoms with van der Waals surface area (Å²) < 4.78 is 1.42. The van der Waals surface area contributed by atoms with E-state index in [2.05, 4.69) is 0 Å². The Balaban J connectivity index is 1.53. The minimum absolute atomic E-state index is 0.113. The molecule has 0 radical (unpaired) electrons. The first-order valence-corrected chi connectivity index (χ1v) is 13.1. The van der Waals surface area contributed by atoms with Gasteiger partial charge in [0, 0.05) is 15.6 Å². The van der Waals surface area contributed by atoms with E-state index in [9.17, 15) is 10.1 Å². The van der Waals surface area contributed by atoms with Gasteiger partial charge in [-0.05, 0) is 54.1 Å². The Morgan fingerprint density at radius 3 is 2.41 bits per heavy atom. The highest BCUT2D eigenvalue weighted by Gasteiger charge is 2.43. The number of benzene rings is 3. The number of nitriles is 1. The molecule has 3 heterocycles. The summed E-state index contributed by atoms with van der Waals surface area (Å²) in [6.07, 6.45) is 2.01. The highest BCUT2D eigenvalue weighted by atomic mass is 35.5. The van der Waals surface area contributed by atoms with Crippen LogP contribution in [0.2, 0.25) is 15.1 Å². The second kappa shape index (κ2) is 9.40. The summed E-state index contributed by atoms with van der Waals surface area (Å²) in [7, 11) is 0. The van der Waals surface area contributed by atoms with Gasteiger partial charge in [0.05, 0.1) is 22.1 Å². The smallest absolute Gasteiger partial charge is 0.267 e. The number of rotatable bonds is 3. The molecule has 2 aliphatic heterocycles. The number of thioether (sulfide) groups is 1. The molecule has 1 atom stereocenters. The van der Waals surface area contributed by atoms with E-state index < -0.39 is 5.56 Å². The first-order chi connectivity index (χ1) is 17.9. The maximum atomic E-state index is 13.6. The van der Waals surface area contributed by atoms with Gasteiger partial charge in [-0.15, -0.1) is 0 Å². The highest BCUT2D eigenvalue weighted by Crippen LogP contribution is 2.43. The van der Waals surface area contributed by atoms with Gasteiger partial charge in [0.25, 0.3) is 5.56 Å². The fraction of sp³-hybridized carbons (Fsp3) is 0.0370.